The van der Waals surface area contributed by atoms with E-state index in [2.05, 4.69) is 27.3 Å². The minimum atomic E-state index is 0.297. The first-order chi connectivity index (χ1) is 11.3. The number of hydrogen-bond acceptors (Lipinski definition) is 6. The second-order valence-electron chi connectivity index (χ2n) is 5.78. The summed E-state index contributed by atoms with van der Waals surface area (Å²) in [7, 11) is 0. The van der Waals surface area contributed by atoms with Crippen molar-refractivity contribution in [1.82, 2.24) is 4.98 Å². The van der Waals surface area contributed by atoms with Crippen LogP contribution in [0.5, 0.6) is 0 Å². The van der Waals surface area contributed by atoms with E-state index in [0.717, 1.165) is 42.3 Å². The maximum absolute atomic E-state index is 9.20. The first-order valence-corrected chi connectivity index (χ1v) is 8.69. The third-order valence-corrected chi connectivity index (χ3v) is 5.15. The van der Waals surface area contributed by atoms with Gasteiger partial charge in [0.05, 0.1) is 24.0 Å². The number of nitrogens with zero attached hydrogens (tertiary/aromatic N) is 3. The summed E-state index contributed by atoms with van der Waals surface area (Å²) >= 11 is 1.58. The SMILES string of the molecule is N#Cc1csc(CNc2ccc(N3CCC(CO)CC3)cn2)c1. The molecular weight excluding hydrogens is 308 g/mol. The Morgan fingerprint density at radius 1 is 1.39 bits per heavy atom. The summed E-state index contributed by atoms with van der Waals surface area (Å²) in [5, 5.41) is 23.2. The van der Waals surface area contributed by atoms with Crippen molar-refractivity contribution in [2.45, 2.75) is 19.4 Å². The molecule has 0 bridgehead atoms. The van der Waals surface area contributed by atoms with Gasteiger partial charge in [-0.05, 0) is 37.0 Å². The Bertz CT molecular complexity index is 669. The highest BCUT2D eigenvalue weighted by Crippen LogP contribution is 2.23. The number of hydrogen-bond donors (Lipinski definition) is 2. The molecule has 120 valence electrons. The van der Waals surface area contributed by atoms with Gasteiger partial charge in [0.15, 0.2) is 0 Å². The van der Waals surface area contributed by atoms with Gasteiger partial charge in [0.2, 0.25) is 0 Å². The Balaban J connectivity index is 1.54. The molecule has 1 saturated heterocycles. The molecule has 5 nitrogen and oxygen atoms in total. The number of thiophene rings is 1. The zero-order valence-electron chi connectivity index (χ0n) is 12.9. The molecule has 2 aromatic heterocycles. The number of aromatic nitrogens is 1. The minimum absolute atomic E-state index is 0.297. The fraction of sp³-hybridized carbons (Fsp3) is 0.412. The molecule has 0 spiro atoms. The number of aliphatic hydroxyl groups is 1. The maximum atomic E-state index is 9.20. The fourth-order valence-electron chi connectivity index (χ4n) is 2.76. The molecule has 1 fully saturated rings. The van der Waals surface area contributed by atoms with Crippen LogP contribution < -0.4 is 10.2 Å². The Morgan fingerprint density at radius 3 is 2.83 bits per heavy atom. The number of aliphatic hydroxyl groups excluding tert-OH is 1. The van der Waals surface area contributed by atoms with E-state index in [1.165, 1.54) is 0 Å². The summed E-state index contributed by atoms with van der Waals surface area (Å²) in [4.78, 5) is 7.92. The number of nitriles is 1. The second-order valence-corrected chi connectivity index (χ2v) is 6.78. The zero-order chi connectivity index (χ0) is 16.1. The molecule has 1 aliphatic rings. The van der Waals surface area contributed by atoms with Crippen molar-refractivity contribution < 1.29 is 5.11 Å². The van der Waals surface area contributed by atoms with Crippen LogP contribution >= 0.6 is 11.3 Å². The van der Waals surface area contributed by atoms with E-state index in [1.807, 2.05) is 23.7 Å². The van der Waals surface area contributed by atoms with E-state index in [0.29, 0.717) is 24.6 Å². The quantitative estimate of drug-likeness (QED) is 0.883. The normalized spacial score (nSPS) is 15.4. The summed E-state index contributed by atoms with van der Waals surface area (Å²) in [6.45, 7) is 2.93. The van der Waals surface area contributed by atoms with Gasteiger partial charge in [0.1, 0.15) is 11.9 Å². The van der Waals surface area contributed by atoms with Crippen molar-refractivity contribution in [3.8, 4) is 6.07 Å². The van der Waals surface area contributed by atoms with Crippen LogP contribution in [0.1, 0.15) is 23.3 Å². The number of rotatable bonds is 5. The fourth-order valence-corrected chi connectivity index (χ4v) is 3.51. The minimum Gasteiger partial charge on any atom is -0.396 e. The van der Waals surface area contributed by atoms with Gasteiger partial charge < -0.3 is 15.3 Å². The number of nitrogens with one attached hydrogen (secondary N) is 1. The molecule has 0 aliphatic carbocycles. The third kappa shape index (κ3) is 4.01. The summed E-state index contributed by atoms with van der Waals surface area (Å²) in [6.07, 6.45) is 3.98. The highest BCUT2D eigenvalue weighted by molar-refractivity contribution is 7.10. The van der Waals surface area contributed by atoms with Gasteiger partial charge in [-0.25, -0.2) is 4.98 Å². The second kappa shape index (κ2) is 7.44. The molecule has 0 amide bonds. The highest BCUT2D eigenvalue weighted by Gasteiger charge is 2.18. The predicted molar refractivity (Wildman–Crippen MR) is 92.6 cm³/mol. The summed E-state index contributed by atoms with van der Waals surface area (Å²) in [5.41, 5.74) is 1.84. The van der Waals surface area contributed by atoms with Crippen molar-refractivity contribution in [3.05, 3.63) is 40.2 Å². The smallest absolute Gasteiger partial charge is 0.126 e. The van der Waals surface area contributed by atoms with Crippen LogP contribution in [0.15, 0.2) is 29.8 Å². The van der Waals surface area contributed by atoms with Gasteiger partial charge in [0, 0.05) is 30.0 Å². The van der Waals surface area contributed by atoms with Gasteiger partial charge in [0.25, 0.3) is 0 Å². The van der Waals surface area contributed by atoms with E-state index in [4.69, 9.17) is 5.26 Å². The van der Waals surface area contributed by atoms with Crippen molar-refractivity contribution in [1.29, 1.82) is 5.26 Å². The number of pyridine rings is 1. The topological polar surface area (TPSA) is 72.2 Å². The lowest BCUT2D eigenvalue weighted by Crippen LogP contribution is -2.34. The van der Waals surface area contributed by atoms with Crippen molar-refractivity contribution in [2.75, 3.05) is 29.9 Å². The maximum Gasteiger partial charge on any atom is 0.126 e. The predicted octanol–water partition coefficient (Wildman–Crippen LogP) is 2.84. The zero-order valence-corrected chi connectivity index (χ0v) is 13.7. The average Bonchev–Trinajstić information content (AvgIpc) is 3.09. The molecule has 3 rings (SSSR count). The molecule has 6 heteroatoms. The van der Waals surface area contributed by atoms with Gasteiger partial charge in [-0.2, -0.15) is 5.26 Å². The van der Waals surface area contributed by atoms with Crippen LogP contribution in [0.4, 0.5) is 11.5 Å². The van der Waals surface area contributed by atoms with Crippen LogP contribution in [0, 0.1) is 17.2 Å². The van der Waals surface area contributed by atoms with Crippen LogP contribution in [-0.2, 0) is 6.54 Å². The Hall–Kier alpha value is -2.10. The van der Waals surface area contributed by atoms with Crippen LogP contribution in [-0.4, -0.2) is 29.8 Å². The average molecular weight is 328 g/mol. The molecule has 0 unspecified atom stereocenters. The van der Waals surface area contributed by atoms with Gasteiger partial charge >= 0.3 is 0 Å². The van der Waals surface area contributed by atoms with Crippen LogP contribution in [0.25, 0.3) is 0 Å². The van der Waals surface area contributed by atoms with E-state index in [9.17, 15) is 5.11 Å². The molecule has 0 aromatic carbocycles. The van der Waals surface area contributed by atoms with E-state index < -0.39 is 0 Å². The molecule has 1 aliphatic heterocycles. The van der Waals surface area contributed by atoms with E-state index in [-0.39, 0.29) is 0 Å². The lowest BCUT2D eigenvalue weighted by atomic mass is 9.98. The van der Waals surface area contributed by atoms with Crippen molar-refractivity contribution in [3.63, 3.8) is 0 Å². The Morgan fingerprint density at radius 2 is 2.22 bits per heavy atom. The first kappa shape index (κ1) is 15.8. The molecule has 2 aromatic rings. The molecule has 0 saturated carbocycles. The van der Waals surface area contributed by atoms with Crippen molar-refractivity contribution >= 4 is 22.8 Å². The first-order valence-electron chi connectivity index (χ1n) is 7.81. The monoisotopic (exact) mass is 328 g/mol. The lowest BCUT2D eigenvalue weighted by Gasteiger charge is -2.32. The summed E-state index contributed by atoms with van der Waals surface area (Å²) in [5.74, 6) is 1.29. The Kier molecular flexibility index (Phi) is 5.11. The lowest BCUT2D eigenvalue weighted by molar-refractivity contribution is 0.203. The molecule has 2 N–H and O–H groups in total. The third-order valence-electron chi connectivity index (χ3n) is 4.21. The molecule has 0 atom stereocenters. The molecule has 3 heterocycles. The van der Waals surface area contributed by atoms with Gasteiger partial charge in [-0.15, -0.1) is 11.3 Å². The molecule has 0 radical (unpaired) electrons. The largest absolute Gasteiger partial charge is 0.396 e. The van der Waals surface area contributed by atoms with Gasteiger partial charge in [-0.3, -0.25) is 0 Å². The van der Waals surface area contributed by atoms with Crippen LogP contribution in [0.2, 0.25) is 0 Å². The van der Waals surface area contributed by atoms with Crippen LogP contribution in [0.3, 0.4) is 0 Å². The van der Waals surface area contributed by atoms with E-state index >= 15 is 0 Å². The number of anilines is 2. The summed E-state index contributed by atoms with van der Waals surface area (Å²) < 4.78 is 0. The van der Waals surface area contributed by atoms with Crippen molar-refractivity contribution in [2.24, 2.45) is 5.92 Å². The molecule has 23 heavy (non-hydrogen) atoms. The van der Waals surface area contributed by atoms with Gasteiger partial charge in [-0.1, -0.05) is 0 Å². The molecular formula is C17H20N4OS. The highest BCUT2D eigenvalue weighted by atomic mass is 32.1. The standard InChI is InChI=1S/C17H20N4OS/c18-8-14-7-16(23-12-14)10-20-17-2-1-15(9-19-17)21-5-3-13(11-22)4-6-21/h1-2,7,9,12-13,22H,3-6,10-11H2,(H,19,20). The Labute approximate surface area is 140 Å². The number of piperidine rings is 1. The van der Waals surface area contributed by atoms with E-state index in [1.54, 1.807) is 11.3 Å². The summed E-state index contributed by atoms with van der Waals surface area (Å²) in [6, 6.07) is 8.12.